The molecule has 0 atom stereocenters. The molecule has 1 amide bonds. The summed E-state index contributed by atoms with van der Waals surface area (Å²) < 4.78 is 5.05. The van der Waals surface area contributed by atoms with E-state index >= 15 is 0 Å². The lowest BCUT2D eigenvalue weighted by molar-refractivity contribution is -0.116. The van der Waals surface area contributed by atoms with Gasteiger partial charge in [0.2, 0.25) is 5.91 Å². The van der Waals surface area contributed by atoms with E-state index in [-0.39, 0.29) is 17.9 Å². The minimum Gasteiger partial charge on any atom is -0.507 e. The molecule has 1 heterocycles. The van der Waals surface area contributed by atoms with Crippen molar-refractivity contribution in [3.63, 3.8) is 0 Å². The van der Waals surface area contributed by atoms with Gasteiger partial charge in [0.1, 0.15) is 11.3 Å². The van der Waals surface area contributed by atoms with Crippen LogP contribution in [0.1, 0.15) is 5.56 Å². The second-order valence-electron chi connectivity index (χ2n) is 3.63. The van der Waals surface area contributed by atoms with Gasteiger partial charge in [-0.1, -0.05) is 18.7 Å². The van der Waals surface area contributed by atoms with Crippen molar-refractivity contribution in [2.75, 3.05) is 0 Å². The maximum absolute atomic E-state index is 11.7. The van der Waals surface area contributed by atoms with E-state index < -0.39 is 11.5 Å². The van der Waals surface area contributed by atoms with Crippen LogP contribution in [0.5, 0.6) is 5.75 Å². The van der Waals surface area contributed by atoms with Crippen LogP contribution in [0.3, 0.4) is 0 Å². The highest BCUT2D eigenvalue weighted by Crippen LogP contribution is 2.25. The molecule has 0 aliphatic carbocycles. The van der Waals surface area contributed by atoms with Crippen LogP contribution in [0, 0.1) is 0 Å². The zero-order chi connectivity index (χ0) is 13.1. The molecular weight excluding hydrogens is 234 g/mol. The molecule has 0 saturated carbocycles. The summed E-state index contributed by atoms with van der Waals surface area (Å²) in [5.41, 5.74) is -0.349. The van der Waals surface area contributed by atoms with E-state index in [0.717, 1.165) is 6.08 Å². The second-order valence-corrected chi connectivity index (χ2v) is 3.63. The number of aromatic hydroxyl groups is 1. The molecule has 92 valence electrons. The fourth-order valence-corrected chi connectivity index (χ4v) is 1.58. The first-order valence-corrected chi connectivity index (χ1v) is 5.27. The Kier molecular flexibility index (Phi) is 3.14. The number of para-hydroxylation sites is 1. The molecule has 0 saturated heterocycles. The van der Waals surface area contributed by atoms with Gasteiger partial charge in [-0.25, -0.2) is 4.79 Å². The third-order valence-electron chi connectivity index (χ3n) is 2.50. The summed E-state index contributed by atoms with van der Waals surface area (Å²) in [7, 11) is 0. The summed E-state index contributed by atoms with van der Waals surface area (Å²) in [5.74, 6) is -0.604. The van der Waals surface area contributed by atoms with Gasteiger partial charge in [0, 0.05) is 0 Å². The molecule has 0 fully saturated rings. The molecule has 0 radical (unpaired) electrons. The Labute approximate surface area is 102 Å². The smallest absolute Gasteiger partial charge is 0.345 e. The van der Waals surface area contributed by atoms with E-state index in [0.29, 0.717) is 11.0 Å². The van der Waals surface area contributed by atoms with E-state index in [2.05, 4.69) is 11.9 Å². The van der Waals surface area contributed by atoms with Crippen LogP contribution in [0.2, 0.25) is 0 Å². The number of carbonyl (C=O) groups excluding carboxylic acids is 1. The van der Waals surface area contributed by atoms with Gasteiger partial charge in [0.05, 0.1) is 17.5 Å². The van der Waals surface area contributed by atoms with Crippen LogP contribution in [-0.2, 0) is 11.3 Å². The zero-order valence-electron chi connectivity index (χ0n) is 9.47. The standard InChI is InChI=1S/C13H11NO4/c1-2-11(15)14-7-9-12(16)8-5-3-4-6-10(8)18-13(9)17/h2-6,16H,1,7H2,(H,14,15). The Morgan fingerprint density at radius 3 is 2.89 bits per heavy atom. The molecule has 2 rings (SSSR count). The number of benzene rings is 1. The highest BCUT2D eigenvalue weighted by molar-refractivity contribution is 5.87. The molecule has 0 spiro atoms. The third-order valence-corrected chi connectivity index (χ3v) is 2.50. The Hall–Kier alpha value is -2.56. The fourth-order valence-electron chi connectivity index (χ4n) is 1.58. The van der Waals surface area contributed by atoms with Gasteiger partial charge in [0.25, 0.3) is 0 Å². The van der Waals surface area contributed by atoms with Gasteiger partial charge in [-0.15, -0.1) is 0 Å². The van der Waals surface area contributed by atoms with Crippen molar-refractivity contribution < 1.29 is 14.3 Å². The maximum atomic E-state index is 11.7. The van der Waals surface area contributed by atoms with Gasteiger partial charge >= 0.3 is 5.63 Å². The lowest BCUT2D eigenvalue weighted by Crippen LogP contribution is -2.23. The molecular formula is C13H11NO4. The first-order chi connectivity index (χ1) is 8.63. The molecule has 5 heteroatoms. The molecule has 2 aromatic rings. The van der Waals surface area contributed by atoms with Crippen LogP contribution < -0.4 is 10.9 Å². The minimum atomic E-state index is -0.671. The fraction of sp³-hybridized carbons (Fsp3) is 0.0769. The molecule has 0 aliphatic heterocycles. The number of rotatable bonds is 3. The van der Waals surface area contributed by atoms with E-state index in [1.807, 2.05) is 0 Å². The number of hydrogen-bond donors (Lipinski definition) is 2. The Bertz CT molecular complexity index is 672. The summed E-state index contributed by atoms with van der Waals surface area (Å²) in [6.45, 7) is 3.18. The maximum Gasteiger partial charge on any atom is 0.345 e. The first-order valence-electron chi connectivity index (χ1n) is 5.27. The van der Waals surface area contributed by atoms with Crippen molar-refractivity contribution in [2.45, 2.75) is 6.54 Å². The summed E-state index contributed by atoms with van der Waals surface area (Å²) in [4.78, 5) is 22.7. The number of amides is 1. The Morgan fingerprint density at radius 1 is 1.44 bits per heavy atom. The average Bonchev–Trinajstić information content (AvgIpc) is 2.38. The van der Waals surface area contributed by atoms with Crippen molar-refractivity contribution in [1.82, 2.24) is 5.32 Å². The zero-order valence-corrected chi connectivity index (χ0v) is 9.47. The summed E-state index contributed by atoms with van der Waals surface area (Å²) in [6, 6.07) is 6.63. The SMILES string of the molecule is C=CC(=O)NCc1c(O)c2ccccc2oc1=O. The molecule has 0 unspecified atom stereocenters. The van der Waals surface area contributed by atoms with Gasteiger partial charge in [0.15, 0.2) is 0 Å². The van der Waals surface area contributed by atoms with Crippen LogP contribution in [0.4, 0.5) is 0 Å². The third kappa shape index (κ3) is 2.10. The minimum absolute atomic E-state index is 0.0175. The van der Waals surface area contributed by atoms with Crippen LogP contribution in [-0.4, -0.2) is 11.0 Å². The van der Waals surface area contributed by atoms with E-state index in [4.69, 9.17) is 4.42 Å². The number of fused-ring (bicyclic) bond motifs is 1. The lowest BCUT2D eigenvalue weighted by atomic mass is 10.1. The van der Waals surface area contributed by atoms with Crippen molar-refractivity contribution >= 4 is 16.9 Å². The highest BCUT2D eigenvalue weighted by atomic mass is 16.4. The average molecular weight is 245 g/mol. The van der Waals surface area contributed by atoms with Gasteiger partial charge in [-0.05, 0) is 18.2 Å². The molecule has 1 aromatic heterocycles. The number of hydrogen-bond acceptors (Lipinski definition) is 4. The Balaban J connectivity index is 2.47. The quantitative estimate of drug-likeness (QED) is 0.631. The van der Waals surface area contributed by atoms with Crippen molar-refractivity contribution in [2.24, 2.45) is 0 Å². The normalized spacial score (nSPS) is 10.2. The van der Waals surface area contributed by atoms with Crippen LogP contribution in [0.15, 0.2) is 46.1 Å². The summed E-state index contributed by atoms with van der Waals surface area (Å²) >= 11 is 0. The number of carbonyl (C=O) groups is 1. The molecule has 18 heavy (non-hydrogen) atoms. The largest absolute Gasteiger partial charge is 0.507 e. The summed E-state index contributed by atoms with van der Waals surface area (Å²) in [6.07, 6.45) is 1.08. The van der Waals surface area contributed by atoms with Gasteiger partial charge in [-0.3, -0.25) is 4.79 Å². The van der Waals surface area contributed by atoms with E-state index in [1.54, 1.807) is 24.3 Å². The molecule has 5 nitrogen and oxygen atoms in total. The van der Waals surface area contributed by atoms with Crippen LogP contribution >= 0.6 is 0 Å². The molecule has 0 aliphatic rings. The Morgan fingerprint density at radius 2 is 2.17 bits per heavy atom. The first kappa shape index (κ1) is 11.9. The molecule has 0 bridgehead atoms. The molecule has 1 aromatic carbocycles. The summed E-state index contributed by atoms with van der Waals surface area (Å²) in [5, 5.41) is 12.8. The van der Waals surface area contributed by atoms with E-state index in [9.17, 15) is 14.7 Å². The van der Waals surface area contributed by atoms with Crippen LogP contribution in [0.25, 0.3) is 11.0 Å². The van der Waals surface area contributed by atoms with Gasteiger partial charge in [-0.2, -0.15) is 0 Å². The lowest BCUT2D eigenvalue weighted by Gasteiger charge is -2.06. The predicted octanol–water partition coefficient (Wildman–Crippen LogP) is 1.30. The van der Waals surface area contributed by atoms with Crippen molar-refractivity contribution in [3.05, 3.63) is 52.9 Å². The predicted molar refractivity (Wildman–Crippen MR) is 66.2 cm³/mol. The topological polar surface area (TPSA) is 79.5 Å². The molecule has 2 N–H and O–H groups in total. The van der Waals surface area contributed by atoms with Crippen molar-refractivity contribution in [1.29, 1.82) is 0 Å². The van der Waals surface area contributed by atoms with E-state index in [1.165, 1.54) is 0 Å². The second kappa shape index (κ2) is 4.75. The highest BCUT2D eigenvalue weighted by Gasteiger charge is 2.13. The van der Waals surface area contributed by atoms with Crippen molar-refractivity contribution in [3.8, 4) is 5.75 Å². The monoisotopic (exact) mass is 245 g/mol. The number of nitrogens with one attached hydrogen (secondary N) is 1. The van der Waals surface area contributed by atoms with Gasteiger partial charge < -0.3 is 14.8 Å².